The lowest BCUT2D eigenvalue weighted by Crippen LogP contribution is -2.63. The van der Waals surface area contributed by atoms with Crippen molar-refractivity contribution in [3.63, 3.8) is 0 Å². The zero-order valence-electron chi connectivity index (χ0n) is 28.6. The molecule has 6 unspecified atom stereocenters. The average molecular weight is 580 g/mol. The molecule has 0 aromatic heterocycles. The summed E-state index contributed by atoms with van der Waals surface area (Å²) in [6.45, 7) is 6.48. The average Bonchev–Trinajstić information content (AvgIpc) is 3.32. The van der Waals surface area contributed by atoms with Crippen LogP contribution in [-0.2, 0) is 0 Å². The van der Waals surface area contributed by atoms with E-state index < -0.39 is 0 Å². The number of rotatable bonds is 10. The summed E-state index contributed by atoms with van der Waals surface area (Å²) in [6.07, 6.45) is 41.6. The molecule has 242 valence electrons. The molecule has 6 fully saturated rings. The van der Waals surface area contributed by atoms with E-state index in [2.05, 4.69) is 19.2 Å². The van der Waals surface area contributed by atoms with Gasteiger partial charge in [-0.25, -0.2) is 0 Å². The van der Waals surface area contributed by atoms with Gasteiger partial charge in [0.2, 0.25) is 0 Å². The Morgan fingerprint density at radius 1 is 0.571 bits per heavy atom. The van der Waals surface area contributed by atoms with E-state index in [1.165, 1.54) is 83.6 Å². The second-order valence-corrected chi connectivity index (χ2v) is 17.8. The minimum atomic E-state index is 0.684. The summed E-state index contributed by atoms with van der Waals surface area (Å²) in [4.78, 5) is 0. The Labute approximate surface area is 263 Å². The lowest BCUT2D eigenvalue weighted by atomic mass is 9.46. The first-order chi connectivity index (χ1) is 20.6. The molecule has 6 aliphatic rings. The van der Waals surface area contributed by atoms with Crippen molar-refractivity contribution >= 4 is 0 Å². The van der Waals surface area contributed by atoms with Crippen molar-refractivity contribution in [2.75, 3.05) is 6.54 Å². The third-order valence-electron chi connectivity index (χ3n) is 15.5. The molecule has 0 bridgehead atoms. The normalized spacial score (nSPS) is 44.0. The van der Waals surface area contributed by atoms with Gasteiger partial charge in [0.05, 0.1) is 0 Å². The van der Waals surface area contributed by atoms with Crippen molar-refractivity contribution in [1.82, 2.24) is 5.32 Å². The van der Waals surface area contributed by atoms with Gasteiger partial charge in [0.25, 0.3) is 0 Å². The molecule has 0 aliphatic heterocycles. The smallest absolute Gasteiger partial charge is 0.0126 e. The van der Waals surface area contributed by atoms with Crippen molar-refractivity contribution in [2.24, 2.45) is 58.7 Å². The largest absolute Gasteiger partial charge is 0.313 e. The first kappa shape index (κ1) is 31.9. The molecule has 42 heavy (non-hydrogen) atoms. The summed E-state index contributed by atoms with van der Waals surface area (Å²) >= 11 is 0. The maximum atomic E-state index is 4.04. The van der Waals surface area contributed by atoms with Gasteiger partial charge in [0.15, 0.2) is 0 Å². The van der Waals surface area contributed by atoms with Crippen molar-refractivity contribution in [1.29, 1.82) is 0 Å². The summed E-state index contributed by atoms with van der Waals surface area (Å²) in [7, 11) is 0. The van der Waals surface area contributed by atoms with E-state index in [1.807, 2.05) is 0 Å². The summed E-state index contributed by atoms with van der Waals surface area (Å²) in [5.74, 6) is 9.45. The Bertz CT molecular complexity index is 774. The number of nitrogens with one attached hydrogen (secondary N) is 1. The van der Waals surface area contributed by atoms with Crippen LogP contribution in [0.5, 0.6) is 0 Å². The molecule has 8 atom stereocenters. The van der Waals surface area contributed by atoms with Gasteiger partial charge < -0.3 is 5.32 Å². The molecule has 1 heteroatoms. The summed E-state index contributed by atoms with van der Waals surface area (Å²) in [5.41, 5.74) is 0.684. The standard InChI is InChI=1S/C41H73N/c1-31-13-5-3-6-16-33(31)24-25-37-29-32(15-12-28-42-40-30-38-26-27-41(38,40)2)14-9-23-39(37)36-21-10-19-35(20-11-22-36)34-17-7-4-8-18-34/h31-40,42H,3-30H2,1-2H3/t31-,32?,33-,35?,36?,37?,38?,39?,40?,41?/m0/s1. The first-order valence-electron chi connectivity index (χ1n) is 20.3. The lowest BCUT2D eigenvalue weighted by molar-refractivity contribution is -0.0962. The molecular formula is C41H73N. The highest BCUT2D eigenvalue weighted by Crippen LogP contribution is 2.60. The Morgan fingerprint density at radius 3 is 1.90 bits per heavy atom. The Kier molecular flexibility index (Phi) is 11.8. The van der Waals surface area contributed by atoms with Gasteiger partial charge >= 0.3 is 0 Å². The van der Waals surface area contributed by atoms with Crippen LogP contribution in [0.3, 0.4) is 0 Å². The highest BCUT2D eigenvalue weighted by molar-refractivity contribution is 5.10. The summed E-state index contributed by atoms with van der Waals surface area (Å²) in [6, 6.07) is 0.848. The topological polar surface area (TPSA) is 12.0 Å². The predicted molar refractivity (Wildman–Crippen MR) is 182 cm³/mol. The molecule has 0 radical (unpaired) electrons. The van der Waals surface area contributed by atoms with Gasteiger partial charge in [-0.05, 0) is 123 Å². The van der Waals surface area contributed by atoms with E-state index >= 15 is 0 Å². The van der Waals surface area contributed by atoms with Gasteiger partial charge in [0, 0.05) is 6.04 Å². The van der Waals surface area contributed by atoms with Crippen LogP contribution in [0.2, 0.25) is 0 Å². The maximum Gasteiger partial charge on any atom is 0.0126 e. The molecular weight excluding hydrogens is 506 g/mol. The van der Waals surface area contributed by atoms with Crippen molar-refractivity contribution < 1.29 is 0 Å². The molecule has 1 N–H and O–H groups in total. The van der Waals surface area contributed by atoms with E-state index in [0.717, 1.165) is 59.3 Å². The van der Waals surface area contributed by atoms with Crippen molar-refractivity contribution in [3.8, 4) is 0 Å². The monoisotopic (exact) mass is 580 g/mol. The third kappa shape index (κ3) is 7.84. The van der Waals surface area contributed by atoms with E-state index in [1.54, 1.807) is 96.3 Å². The molecule has 0 heterocycles. The minimum Gasteiger partial charge on any atom is -0.313 e. The Balaban J connectivity index is 1.03. The Hall–Kier alpha value is -0.0400. The van der Waals surface area contributed by atoms with Gasteiger partial charge in [0.1, 0.15) is 0 Å². The highest BCUT2D eigenvalue weighted by Gasteiger charge is 2.56. The van der Waals surface area contributed by atoms with Gasteiger partial charge in [-0.3, -0.25) is 0 Å². The fraction of sp³-hybridized carbons (Fsp3) is 1.00. The quantitative estimate of drug-likeness (QED) is 0.200. The van der Waals surface area contributed by atoms with E-state index in [4.69, 9.17) is 0 Å². The summed E-state index contributed by atoms with van der Waals surface area (Å²) < 4.78 is 0. The molecule has 0 saturated heterocycles. The minimum absolute atomic E-state index is 0.684. The zero-order valence-corrected chi connectivity index (χ0v) is 28.6. The van der Waals surface area contributed by atoms with Crippen LogP contribution in [0.1, 0.15) is 187 Å². The van der Waals surface area contributed by atoms with Gasteiger partial charge in [-0.2, -0.15) is 0 Å². The second kappa shape index (κ2) is 15.5. The maximum absolute atomic E-state index is 4.04. The van der Waals surface area contributed by atoms with Crippen LogP contribution in [0.25, 0.3) is 0 Å². The molecule has 0 aromatic rings. The molecule has 0 spiro atoms. The van der Waals surface area contributed by atoms with Crippen molar-refractivity contribution in [3.05, 3.63) is 0 Å². The van der Waals surface area contributed by atoms with Crippen molar-refractivity contribution in [2.45, 2.75) is 193 Å². The van der Waals surface area contributed by atoms with Crippen LogP contribution < -0.4 is 5.32 Å². The fourth-order valence-electron chi connectivity index (χ4n) is 12.3. The molecule has 1 nitrogen and oxygen atoms in total. The molecule has 6 aliphatic carbocycles. The van der Waals surface area contributed by atoms with E-state index in [-0.39, 0.29) is 0 Å². The Morgan fingerprint density at radius 2 is 1.21 bits per heavy atom. The van der Waals surface area contributed by atoms with Crippen LogP contribution in [0, 0.1) is 58.7 Å². The molecule has 0 aromatic carbocycles. The molecule has 0 amide bonds. The number of hydrogen-bond donors (Lipinski definition) is 1. The third-order valence-corrected chi connectivity index (χ3v) is 15.5. The van der Waals surface area contributed by atoms with Crippen LogP contribution >= 0.6 is 0 Å². The van der Waals surface area contributed by atoms with E-state index in [9.17, 15) is 0 Å². The van der Waals surface area contributed by atoms with Crippen LogP contribution in [-0.4, -0.2) is 12.6 Å². The fourth-order valence-corrected chi connectivity index (χ4v) is 12.3. The first-order valence-corrected chi connectivity index (χ1v) is 20.3. The number of fused-ring (bicyclic) bond motifs is 1. The predicted octanol–water partition coefficient (Wildman–Crippen LogP) is 12.1. The SMILES string of the molecule is C[C@H]1CCCCC[C@H]1CCC1CC(CCCNC2CC3CCC32C)CCCC1C1CCCC(C2CCCCC2)CCC1. The van der Waals surface area contributed by atoms with Crippen LogP contribution in [0.15, 0.2) is 0 Å². The second-order valence-electron chi connectivity index (χ2n) is 17.8. The summed E-state index contributed by atoms with van der Waals surface area (Å²) in [5, 5.41) is 4.04. The van der Waals surface area contributed by atoms with E-state index in [0.29, 0.717) is 5.41 Å². The van der Waals surface area contributed by atoms with Crippen LogP contribution in [0.4, 0.5) is 0 Å². The highest BCUT2D eigenvalue weighted by atomic mass is 15.0. The van der Waals surface area contributed by atoms with Gasteiger partial charge in [-0.1, -0.05) is 129 Å². The molecule has 6 rings (SSSR count). The zero-order chi connectivity index (χ0) is 28.8. The lowest BCUT2D eigenvalue weighted by Gasteiger charge is -2.62. The molecule has 6 saturated carbocycles. The van der Waals surface area contributed by atoms with Gasteiger partial charge in [-0.15, -0.1) is 0 Å². The number of hydrogen-bond acceptors (Lipinski definition) is 1.